The molecule has 0 N–H and O–H groups in total. The first kappa shape index (κ1) is 47.0. The minimum atomic E-state index is -4.35. The van der Waals surface area contributed by atoms with Gasteiger partial charge in [0.05, 0.1) is 55.9 Å². The third-order valence-electron chi connectivity index (χ3n) is 8.14. The van der Waals surface area contributed by atoms with Crippen LogP contribution in [-0.4, -0.2) is 52.1 Å². The molecule has 0 fully saturated rings. The minimum Gasteiger partial charge on any atom is -0.494 e. The first-order chi connectivity index (χ1) is 28.9. The normalized spacial score (nSPS) is 10.8. The molecule has 0 radical (unpaired) electrons. The number of aryl methyl sites for hydroxylation is 2. The third-order valence-corrected chi connectivity index (χ3v) is 9.83. The fraction of sp³-hybridized carbons (Fsp3) is 0.333. The van der Waals surface area contributed by atoms with Crippen LogP contribution in [0.3, 0.4) is 0 Å². The molecule has 0 saturated heterocycles. The molecule has 6 aromatic rings. The number of para-hydroxylation sites is 2. The van der Waals surface area contributed by atoms with Gasteiger partial charge >= 0.3 is 6.18 Å². The predicted octanol–water partition coefficient (Wildman–Crippen LogP) is 10.5. The van der Waals surface area contributed by atoms with E-state index in [0.717, 1.165) is 50.7 Å². The van der Waals surface area contributed by atoms with Crippen LogP contribution in [0, 0.1) is 13.8 Å². The molecule has 6 rings (SSSR count). The number of nitrogens with zero attached hydrogens (tertiary/aromatic N) is 3. The first-order valence-corrected chi connectivity index (χ1v) is 21.0. The molecule has 0 aliphatic heterocycles. The number of rotatable bonds is 21. The summed E-state index contributed by atoms with van der Waals surface area (Å²) in [5, 5.41) is 3.58. The van der Waals surface area contributed by atoms with E-state index in [-0.39, 0.29) is 30.4 Å². The monoisotopic (exact) mass is 863 g/mol. The molecule has 0 spiro atoms. The second kappa shape index (κ2) is 25.7. The number of hydrogen-bond acceptors (Lipinski definition) is 12. The summed E-state index contributed by atoms with van der Waals surface area (Å²) in [5.74, 6) is 3.70. The van der Waals surface area contributed by atoms with E-state index in [1.807, 2.05) is 79.9 Å². The second-order valence-corrected chi connectivity index (χ2v) is 15.6. The van der Waals surface area contributed by atoms with Crippen LogP contribution in [0.4, 0.5) is 13.2 Å². The lowest BCUT2D eigenvalue weighted by Gasteiger charge is -2.09. The molecule has 318 valence electrons. The van der Waals surface area contributed by atoms with Gasteiger partial charge in [-0.3, -0.25) is 14.4 Å². The summed E-state index contributed by atoms with van der Waals surface area (Å²) >= 11 is 3.02. The van der Waals surface area contributed by atoms with Gasteiger partial charge in [0.15, 0.2) is 0 Å². The van der Waals surface area contributed by atoms with Gasteiger partial charge < -0.3 is 18.6 Å². The van der Waals surface area contributed by atoms with Crippen molar-refractivity contribution >= 4 is 40.0 Å². The predicted molar refractivity (Wildman–Crippen MR) is 225 cm³/mol. The lowest BCUT2D eigenvalue weighted by atomic mass is 10.2. The number of Topliss-reactive ketones (excluding diaryl/α,β-unsaturated/α-hetero) is 3. The molecule has 0 aliphatic carbocycles. The van der Waals surface area contributed by atoms with E-state index in [9.17, 15) is 27.6 Å². The van der Waals surface area contributed by atoms with Gasteiger partial charge in [-0.1, -0.05) is 36.4 Å². The number of benzene rings is 3. The lowest BCUT2D eigenvalue weighted by molar-refractivity contribution is -0.137. The van der Waals surface area contributed by atoms with Crippen molar-refractivity contribution in [3.63, 3.8) is 0 Å². The molecule has 0 amide bonds. The van der Waals surface area contributed by atoms with Crippen molar-refractivity contribution in [1.82, 2.24) is 15.0 Å². The van der Waals surface area contributed by atoms with Gasteiger partial charge in [0.1, 0.15) is 45.4 Å². The molecule has 3 aromatic heterocycles. The molecule has 0 unspecified atom stereocenters. The van der Waals surface area contributed by atoms with Gasteiger partial charge in [0, 0.05) is 41.9 Å². The average Bonchev–Trinajstić information content (AvgIpc) is 4.01. The van der Waals surface area contributed by atoms with Crippen LogP contribution in [0.2, 0.25) is 0 Å². The Morgan fingerprint density at radius 1 is 0.617 bits per heavy atom. The maximum atomic E-state index is 12.4. The Bertz CT molecular complexity index is 2120. The van der Waals surface area contributed by atoms with Crippen molar-refractivity contribution in [3.05, 3.63) is 141 Å². The number of carbonyl (C=O) groups is 3. The zero-order valence-corrected chi connectivity index (χ0v) is 35.2. The Labute approximate surface area is 355 Å². The molecule has 15 heteroatoms. The first-order valence-electron chi connectivity index (χ1n) is 19.3. The van der Waals surface area contributed by atoms with Crippen molar-refractivity contribution in [2.24, 2.45) is 0 Å². The van der Waals surface area contributed by atoms with Crippen molar-refractivity contribution in [2.75, 3.05) is 19.8 Å². The quantitative estimate of drug-likeness (QED) is 0.0645. The zero-order valence-electron chi connectivity index (χ0n) is 33.5. The fourth-order valence-electron chi connectivity index (χ4n) is 5.23. The highest BCUT2D eigenvalue weighted by Gasteiger charge is 2.30. The number of ketones is 3. The maximum absolute atomic E-state index is 12.4. The van der Waals surface area contributed by atoms with Crippen LogP contribution in [0.5, 0.6) is 17.2 Å². The zero-order chi connectivity index (χ0) is 43.0. The van der Waals surface area contributed by atoms with Crippen LogP contribution >= 0.6 is 22.7 Å². The molecule has 10 nitrogen and oxygen atoms in total. The van der Waals surface area contributed by atoms with Gasteiger partial charge in [-0.15, -0.1) is 22.7 Å². The van der Waals surface area contributed by atoms with Crippen molar-refractivity contribution in [3.8, 4) is 17.2 Å². The number of aromatic nitrogens is 3. The molecule has 0 atom stereocenters. The number of carbonyl (C=O) groups excluding carboxylic acids is 3. The Kier molecular flexibility index (Phi) is 20.2. The van der Waals surface area contributed by atoms with E-state index in [4.69, 9.17) is 18.6 Å². The van der Waals surface area contributed by atoms with Gasteiger partial charge in [-0.05, 0) is 81.6 Å². The van der Waals surface area contributed by atoms with E-state index in [1.54, 1.807) is 18.6 Å². The SMILES string of the molecule is Cc1cnc(CC(=O)CCCOc2ccc(C(F)(F)F)cc2)s1.Cc1cnc(CC(=O)CCCOc2ccccc2)o1.O=C(CCCOc1ccccc1)Cc1nccs1. The smallest absolute Gasteiger partial charge is 0.416 e. The van der Waals surface area contributed by atoms with E-state index in [2.05, 4.69) is 15.0 Å². The summed E-state index contributed by atoms with van der Waals surface area (Å²) in [7, 11) is 0. The number of halogens is 3. The number of thiazole rings is 2. The van der Waals surface area contributed by atoms with Crippen molar-refractivity contribution in [2.45, 2.75) is 77.8 Å². The van der Waals surface area contributed by atoms with E-state index in [0.29, 0.717) is 69.8 Å². The number of ether oxygens (including phenoxy) is 3. The molecular formula is C45H48F3N3O7S2. The topological polar surface area (TPSA) is 131 Å². The van der Waals surface area contributed by atoms with Crippen LogP contribution < -0.4 is 14.2 Å². The van der Waals surface area contributed by atoms with Crippen LogP contribution in [-0.2, 0) is 39.8 Å². The van der Waals surface area contributed by atoms with E-state index >= 15 is 0 Å². The van der Waals surface area contributed by atoms with Crippen LogP contribution in [0.25, 0.3) is 0 Å². The summed E-state index contributed by atoms with van der Waals surface area (Å²) in [4.78, 5) is 48.4. The number of oxazole rings is 1. The summed E-state index contributed by atoms with van der Waals surface area (Å²) in [6.07, 6.45) is 5.13. The highest BCUT2D eigenvalue weighted by atomic mass is 32.1. The van der Waals surface area contributed by atoms with Gasteiger partial charge in [0.25, 0.3) is 0 Å². The Morgan fingerprint density at radius 2 is 1.12 bits per heavy atom. The second-order valence-electron chi connectivity index (χ2n) is 13.3. The Hall–Kier alpha value is -5.67. The van der Waals surface area contributed by atoms with E-state index < -0.39 is 11.7 Å². The molecular weight excluding hydrogens is 816 g/mol. The standard InChI is InChI=1S/C16H16F3NO2S.C15H17NO3.C14H15NO2S/c1-11-10-20-15(23-11)9-13(21)3-2-8-22-14-6-4-12(5-7-14)16(17,18)19;1-12-11-16-15(19-12)10-13(17)6-5-9-18-14-7-3-2-4-8-14;16-12(11-14-15-8-10-18-14)5-4-9-17-13-6-2-1-3-7-13/h4-7,10H,2-3,8-9H2,1H3;2-4,7-8,11H,5-6,9-10H2,1H3;1-3,6-8,10H,4-5,9,11H2. The van der Waals surface area contributed by atoms with Gasteiger partial charge in [0.2, 0.25) is 5.89 Å². The summed E-state index contributed by atoms with van der Waals surface area (Å²) in [5.41, 5.74) is -0.709. The molecule has 0 saturated carbocycles. The third kappa shape index (κ3) is 19.4. The Balaban J connectivity index is 0.000000200. The summed E-state index contributed by atoms with van der Waals surface area (Å²) in [6, 6.07) is 23.7. The van der Waals surface area contributed by atoms with E-state index in [1.165, 1.54) is 34.8 Å². The molecule has 3 heterocycles. The minimum absolute atomic E-state index is 0.0790. The summed E-state index contributed by atoms with van der Waals surface area (Å²) in [6.45, 7) is 5.15. The number of alkyl halides is 3. The molecule has 0 aliphatic rings. The molecule has 3 aromatic carbocycles. The average molecular weight is 864 g/mol. The molecule has 60 heavy (non-hydrogen) atoms. The molecule has 0 bridgehead atoms. The van der Waals surface area contributed by atoms with Gasteiger partial charge in [-0.25, -0.2) is 15.0 Å². The lowest BCUT2D eigenvalue weighted by Crippen LogP contribution is -2.07. The highest BCUT2D eigenvalue weighted by Crippen LogP contribution is 2.30. The van der Waals surface area contributed by atoms with Crippen molar-refractivity contribution < 1.29 is 46.2 Å². The number of hydrogen-bond donors (Lipinski definition) is 0. The largest absolute Gasteiger partial charge is 0.494 e. The summed E-state index contributed by atoms with van der Waals surface area (Å²) < 4.78 is 58.9. The van der Waals surface area contributed by atoms with Crippen LogP contribution in [0.15, 0.2) is 113 Å². The fourth-order valence-corrected chi connectivity index (χ4v) is 6.69. The van der Waals surface area contributed by atoms with Gasteiger partial charge in [-0.2, -0.15) is 13.2 Å². The van der Waals surface area contributed by atoms with Crippen LogP contribution in [0.1, 0.15) is 70.6 Å². The van der Waals surface area contributed by atoms with Crippen molar-refractivity contribution in [1.29, 1.82) is 0 Å². The maximum Gasteiger partial charge on any atom is 0.416 e. The Morgan fingerprint density at radius 3 is 1.55 bits per heavy atom. The highest BCUT2D eigenvalue weighted by molar-refractivity contribution is 7.11.